The summed E-state index contributed by atoms with van der Waals surface area (Å²) in [4.78, 5) is 0. The Kier molecular flexibility index (Phi) is 2.43. The van der Waals surface area contributed by atoms with Crippen LogP contribution in [0.4, 0.5) is 0 Å². The van der Waals surface area contributed by atoms with Crippen LogP contribution in [0.5, 0.6) is 0 Å². The van der Waals surface area contributed by atoms with E-state index in [1.54, 1.807) is 0 Å². The van der Waals surface area contributed by atoms with Crippen molar-refractivity contribution in [3.8, 4) is 0 Å². The fraction of sp³-hybridized carbons (Fsp3) is 0.455. The summed E-state index contributed by atoms with van der Waals surface area (Å²) in [7, 11) is 0. The molecule has 0 bridgehead atoms. The van der Waals surface area contributed by atoms with Crippen LogP contribution in [0.3, 0.4) is 0 Å². The highest BCUT2D eigenvalue weighted by Crippen LogP contribution is 2.31. The zero-order valence-corrected chi connectivity index (χ0v) is 9.39. The SMILES string of the molecule is CC1(c2cccc(Br)c2)CCCN1. The van der Waals surface area contributed by atoms with Gasteiger partial charge in [0.1, 0.15) is 0 Å². The Hall–Kier alpha value is -0.340. The molecule has 1 atom stereocenters. The van der Waals surface area contributed by atoms with E-state index in [4.69, 9.17) is 0 Å². The van der Waals surface area contributed by atoms with Gasteiger partial charge >= 0.3 is 0 Å². The van der Waals surface area contributed by atoms with Gasteiger partial charge in [0.2, 0.25) is 0 Å². The zero-order valence-electron chi connectivity index (χ0n) is 7.81. The predicted molar refractivity (Wildman–Crippen MR) is 58.7 cm³/mol. The van der Waals surface area contributed by atoms with Gasteiger partial charge in [-0.15, -0.1) is 0 Å². The highest BCUT2D eigenvalue weighted by molar-refractivity contribution is 9.10. The van der Waals surface area contributed by atoms with E-state index in [2.05, 4.69) is 52.4 Å². The molecule has 13 heavy (non-hydrogen) atoms. The number of benzene rings is 1. The van der Waals surface area contributed by atoms with Crippen LogP contribution in [-0.2, 0) is 5.54 Å². The van der Waals surface area contributed by atoms with Crippen LogP contribution < -0.4 is 5.32 Å². The Morgan fingerprint density at radius 2 is 2.31 bits per heavy atom. The van der Waals surface area contributed by atoms with Gasteiger partial charge in [0.15, 0.2) is 0 Å². The molecule has 2 heteroatoms. The minimum Gasteiger partial charge on any atom is -0.308 e. The Balaban J connectivity index is 2.33. The summed E-state index contributed by atoms with van der Waals surface area (Å²) in [5.74, 6) is 0. The van der Waals surface area contributed by atoms with Gasteiger partial charge in [-0.1, -0.05) is 28.1 Å². The topological polar surface area (TPSA) is 12.0 Å². The third-order valence-electron chi connectivity index (χ3n) is 2.83. The highest BCUT2D eigenvalue weighted by Gasteiger charge is 2.29. The maximum Gasteiger partial charge on any atom is 0.0406 e. The number of rotatable bonds is 1. The molecule has 0 aromatic heterocycles. The first-order valence-corrected chi connectivity index (χ1v) is 5.51. The van der Waals surface area contributed by atoms with Crippen molar-refractivity contribution in [1.29, 1.82) is 0 Å². The number of hydrogen-bond donors (Lipinski definition) is 1. The van der Waals surface area contributed by atoms with Crippen LogP contribution in [0.1, 0.15) is 25.3 Å². The van der Waals surface area contributed by atoms with Crippen molar-refractivity contribution in [3.05, 3.63) is 34.3 Å². The number of hydrogen-bond acceptors (Lipinski definition) is 1. The van der Waals surface area contributed by atoms with Crippen molar-refractivity contribution in [2.45, 2.75) is 25.3 Å². The Morgan fingerprint density at radius 3 is 2.92 bits per heavy atom. The maximum absolute atomic E-state index is 3.56. The molecule has 1 unspecified atom stereocenters. The standard InChI is InChI=1S/C11H14BrN/c1-11(6-3-7-13-11)9-4-2-5-10(12)8-9/h2,4-5,8,13H,3,6-7H2,1H3. The molecular weight excluding hydrogens is 226 g/mol. The first-order valence-electron chi connectivity index (χ1n) is 4.72. The minimum absolute atomic E-state index is 0.198. The molecule has 1 saturated heterocycles. The van der Waals surface area contributed by atoms with Crippen LogP contribution in [0.25, 0.3) is 0 Å². The van der Waals surface area contributed by atoms with Crippen LogP contribution in [0, 0.1) is 0 Å². The van der Waals surface area contributed by atoms with Gasteiger partial charge in [0.25, 0.3) is 0 Å². The van der Waals surface area contributed by atoms with Crippen molar-refractivity contribution in [3.63, 3.8) is 0 Å². The molecule has 1 nitrogen and oxygen atoms in total. The summed E-state index contributed by atoms with van der Waals surface area (Å²) in [5.41, 5.74) is 1.59. The van der Waals surface area contributed by atoms with E-state index in [1.165, 1.54) is 22.9 Å². The van der Waals surface area contributed by atoms with Crippen LogP contribution >= 0.6 is 15.9 Å². The summed E-state index contributed by atoms with van der Waals surface area (Å²) >= 11 is 3.51. The van der Waals surface area contributed by atoms with Gasteiger partial charge < -0.3 is 5.32 Å². The highest BCUT2D eigenvalue weighted by atomic mass is 79.9. The molecular formula is C11H14BrN. The molecule has 70 valence electrons. The molecule has 0 radical (unpaired) electrons. The lowest BCUT2D eigenvalue weighted by Crippen LogP contribution is -2.32. The fourth-order valence-corrected chi connectivity index (χ4v) is 2.37. The monoisotopic (exact) mass is 239 g/mol. The largest absolute Gasteiger partial charge is 0.308 e. The van der Waals surface area contributed by atoms with Gasteiger partial charge in [-0.2, -0.15) is 0 Å². The lowest BCUT2D eigenvalue weighted by Gasteiger charge is -2.25. The number of nitrogens with one attached hydrogen (secondary N) is 1. The second kappa shape index (κ2) is 3.43. The fourth-order valence-electron chi connectivity index (χ4n) is 1.97. The van der Waals surface area contributed by atoms with Crippen molar-refractivity contribution in [2.75, 3.05) is 6.54 Å². The number of halogens is 1. The van der Waals surface area contributed by atoms with Crippen molar-refractivity contribution < 1.29 is 0 Å². The molecule has 1 aliphatic heterocycles. The van der Waals surface area contributed by atoms with E-state index in [0.717, 1.165) is 6.54 Å². The smallest absolute Gasteiger partial charge is 0.0406 e. The van der Waals surface area contributed by atoms with Gasteiger partial charge in [0.05, 0.1) is 0 Å². The van der Waals surface area contributed by atoms with Crippen molar-refractivity contribution in [1.82, 2.24) is 5.32 Å². The summed E-state index contributed by atoms with van der Waals surface area (Å²) in [6, 6.07) is 8.58. The molecule has 1 N–H and O–H groups in total. The molecule has 0 spiro atoms. The maximum atomic E-state index is 3.56. The lowest BCUT2D eigenvalue weighted by molar-refractivity contribution is 0.434. The molecule has 1 aliphatic rings. The molecule has 1 fully saturated rings. The molecule has 1 aromatic carbocycles. The molecule has 0 saturated carbocycles. The van der Waals surface area contributed by atoms with Gasteiger partial charge in [0, 0.05) is 10.0 Å². The lowest BCUT2D eigenvalue weighted by atomic mass is 9.91. The normalized spacial score (nSPS) is 27.8. The molecule has 1 heterocycles. The summed E-state index contributed by atoms with van der Waals surface area (Å²) in [5, 5.41) is 3.56. The van der Waals surface area contributed by atoms with Crippen LogP contribution in [0.15, 0.2) is 28.7 Å². The van der Waals surface area contributed by atoms with Gasteiger partial charge in [-0.05, 0) is 44.0 Å². The van der Waals surface area contributed by atoms with Crippen LogP contribution in [0.2, 0.25) is 0 Å². The average Bonchev–Trinajstić information content (AvgIpc) is 2.54. The van der Waals surface area contributed by atoms with Gasteiger partial charge in [-0.3, -0.25) is 0 Å². The first-order chi connectivity index (χ1) is 6.21. The third-order valence-corrected chi connectivity index (χ3v) is 3.32. The Morgan fingerprint density at radius 1 is 1.46 bits per heavy atom. The molecule has 0 amide bonds. The second-order valence-corrected chi connectivity index (χ2v) is 4.79. The van der Waals surface area contributed by atoms with Crippen molar-refractivity contribution in [2.24, 2.45) is 0 Å². The predicted octanol–water partition coefficient (Wildman–Crippen LogP) is 3.05. The van der Waals surface area contributed by atoms with E-state index < -0.39 is 0 Å². The van der Waals surface area contributed by atoms with E-state index >= 15 is 0 Å². The van der Waals surface area contributed by atoms with E-state index in [9.17, 15) is 0 Å². The summed E-state index contributed by atoms with van der Waals surface area (Å²) in [6.45, 7) is 3.42. The summed E-state index contributed by atoms with van der Waals surface area (Å²) in [6.07, 6.45) is 2.52. The molecule has 2 rings (SSSR count). The van der Waals surface area contributed by atoms with E-state index in [0.29, 0.717) is 0 Å². The third kappa shape index (κ3) is 1.79. The molecule has 1 aromatic rings. The van der Waals surface area contributed by atoms with Crippen molar-refractivity contribution >= 4 is 15.9 Å². The van der Waals surface area contributed by atoms with E-state index in [-0.39, 0.29) is 5.54 Å². The Bertz CT molecular complexity index is 303. The van der Waals surface area contributed by atoms with E-state index in [1.807, 2.05) is 0 Å². The quantitative estimate of drug-likeness (QED) is 0.795. The molecule has 0 aliphatic carbocycles. The minimum atomic E-state index is 0.198. The summed E-state index contributed by atoms with van der Waals surface area (Å²) < 4.78 is 1.17. The Labute approximate surface area is 87.7 Å². The van der Waals surface area contributed by atoms with Gasteiger partial charge in [-0.25, -0.2) is 0 Å². The second-order valence-electron chi connectivity index (χ2n) is 3.87. The van der Waals surface area contributed by atoms with Crippen LogP contribution in [-0.4, -0.2) is 6.54 Å². The average molecular weight is 240 g/mol. The zero-order chi connectivity index (χ0) is 9.31. The first kappa shape index (κ1) is 9.22.